The number of benzene rings is 2. The van der Waals surface area contributed by atoms with Crippen LogP contribution in [0.15, 0.2) is 42.7 Å². The number of carbonyl (C=O) groups is 2. The third-order valence-corrected chi connectivity index (χ3v) is 6.67. The predicted octanol–water partition coefficient (Wildman–Crippen LogP) is 3.73. The van der Waals surface area contributed by atoms with Gasteiger partial charge in [-0.15, -0.1) is 0 Å². The number of amides is 1. The van der Waals surface area contributed by atoms with E-state index in [0.29, 0.717) is 19.4 Å². The molecule has 2 heterocycles. The van der Waals surface area contributed by atoms with Gasteiger partial charge in [-0.05, 0) is 59.6 Å². The van der Waals surface area contributed by atoms with Gasteiger partial charge in [0.25, 0.3) is 0 Å². The minimum Gasteiger partial charge on any atom is -0.342 e. The highest BCUT2D eigenvalue weighted by atomic mass is 16.2. The van der Waals surface area contributed by atoms with E-state index in [1.165, 1.54) is 16.5 Å². The molecule has 1 amide bonds. The SMILES string of the molecule is Cn1cc(CCC(=O)N2CCC[C@@H](C(=O)c3ccc4c5c(cccc35)CC4)C2)cn1. The van der Waals surface area contributed by atoms with Crippen molar-refractivity contribution in [1.82, 2.24) is 14.7 Å². The highest BCUT2D eigenvalue weighted by Gasteiger charge is 2.30. The summed E-state index contributed by atoms with van der Waals surface area (Å²) in [6, 6.07) is 10.5. The number of ketones is 1. The molecule has 154 valence electrons. The van der Waals surface area contributed by atoms with Crippen molar-refractivity contribution in [3.8, 4) is 0 Å². The Hall–Kier alpha value is -2.95. The quantitative estimate of drug-likeness (QED) is 0.612. The van der Waals surface area contributed by atoms with Crippen LogP contribution < -0.4 is 0 Å². The molecule has 1 fully saturated rings. The van der Waals surface area contributed by atoms with E-state index in [2.05, 4.69) is 29.4 Å². The molecule has 1 atom stereocenters. The largest absolute Gasteiger partial charge is 0.342 e. The summed E-state index contributed by atoms with van der Waals surface area (Å²) < 4.78 is 1.76. The molecule has 1 aliphatic heterocycles. The van der Waals surface area contributed by atoms with Crippen molar-refractivity contribution >= 4 is 22.5 Å². The van der Waals surface area contributed by atoms with Gasteiger partial charge in [0.1, 0.15) is 0 Å². The third kappa shape index (κ3) is 3.42. The Kier molecular flexibility index (Phi) is 4.89. The standard InChI is InChI=1S/C25H27N3O2/c1-27-15-17(14-26-27)7-12-23(29)28-13-3-5-20(16-28)25(30)22-11-10-19-9-8-18-4-2-6-21(22)24(18)19/h2,4,6,10-11,14-15,20H,3,5,7-9,12-13,16H2,1H3/t20-/m1/s1. The average Bonchev–Trinajstić information content (AvgIpc) is 3.39. The molecule has 30 heavy (non-hydrogen) atoms. The Bertz CT molecular complexity index is 1120. The molecule has 0 spiro atoms. The Morgan fingerprint density at radius 3 is 2.77 bits per heavy atom. The van der Waals surface area contributed by atoms with Crippen molar-refractivity contribution in [2.24, 2.45) is 13.0 Å². The van der Waals surface area contributed by atoms with Crippen molar-refractivity contribution in [1.29, 1.82) is 0 Å². The fourth-order valence-electron chi connectivity index (χ4n) is 5.11. The van der Waals surface area contributed by atoms with Crippen LogP contribution in [0.4, 0.5) is 0 Å². The number of aromatic nitrogens is 2. The summed E-state index contributed by atoms with van der Waals surface area (Å²) in [5.41, 5.74) is 4.61. The van der Waals surface area contributed by atoms with E-state index in [-0.39, 0.29) is 17.6 Å². The summed E-state index contributed by atoms with van der Waals surface area (Å²) in [5, 5.41) is 6.54. The predicted molar refractivity (Wildman–Crippen MR) is 117 cm³/mol. The number of aryl methyl sites for hydroxylation is 4. The monoisotopic (exact) mass is 401 g/mol. The maximum atomic E-state index is 13.5. The molecule has 1 aromatic heterocycles. The number of likely N-dealkylation sites (tertiary alicyclic amines) is 1. The topological polar surface area (TPSA) is 55.2 Å². The van der Waals surface area contributed by atoms with Crippen LogP contribution in [-0.4, -0.2) is 39.5 Å². The molecular weight excluding hydrogens is 374 g/mol. The smallest absolute Gasteiger partial charge is 0.222 e. The fraction of sp³-hybridized carbons (Fsp3) is 0.400. The number of hydrogen-bond acceptors (Lipinski definition) is 3. The average molecular weight is 402 g/mol. The lowest BCUT2D eigenvalue weighted by Crippen LogP contribution is -2.42. The van der Waals surface area contributed by atoms with Gasteiger partial charge in [0.15, 0.2) is 5.78 Å². The zero-order chi connectivity index (χ0) is 20.7. The van der Waals surface area contributed by atoms with Crippen LogP contribution in [-0.2, 0) is 31.1 Å². The zero-order valence-electron chi connectivity index (χ0n) is 17.4. The molecule has 5 heteroatoms. The Labute approximate surface area is 176 Å². The van der Waals surface area contributed by atoms with E-state index in [0.717, 1.165) is 48.7 Å². The molecule has 5 nitrogen and oxygen atoms in total. The lowest BCUT2D eigenvalue weighted by Gasteiger charge is -2.32. The van der Waals surface area contributed by atoms with E-state index in [1.807, 2.05) is 30.4 Å². The second-order valence-corrected chi connectivity index (χ2v) is 8.68. The molecular formula is C25H27N3O2. The molecule has 5 rings (SSSR count). The first-order valence-electron chi connectivity index (χ1n) is 10.9. The highest BCUT2D eigenvalue weighted by molar-refractivity contribution is 6.11. The zero-order valence-corrected chi connectivity index (χ0v) is 17.4. The van der Waals surface area contributed by atoms with E-state index in [4.69, 9.17) is 0 Å². The molecule has 0 radical (unpaired) electrons. The first-order valence-corrected chi connectivity index (χ1v) is 10.9. The third-order valence-electron chi connectivity index (χ3n) is 6.67. The lowest BCUT2D eigenvalue weighted by molar-refractivity contribution is -0.132. The van der Waals surface area contributed by atoms with Gasteiger partial charge in [0.2, 0.25) is 5.91 Å². The normalized spacial score (nSPS) is 18.2. The first-order chi connectivity index (χ1) is 14.6. The molecule has 0 bridgehead atoms. The molecule has 0 N–H and O–H groups in total. The molecule has 2 aromatic carbocycles. The number of rotatable bonds is 5. The van der Waals surface area contributed by atoms with Gasteiger partial charge in [-0.1, -0.05) is 30.3 Å². The minimum atomic E-state index is -0.112. The number of hydrogen-bond donors (Lipinski definition) is 0. The second kappa shape index (κ2) is 7.71. The number of piperidine rings is 1. The van der Waals surface area contributed by atoms with E-state index < -0.39 is 0 Å². The second-order valence-electron chi connectivity index (χ2n) is 8.68. The van der Waals surface area contributed by atoms with Crippen LogP contribution in [0.2, 0.25) is 0 Å². The number of Topliss-reactive ketones (excluding diaryl/α,β-unsaturated/α-hetero) is 1. The van der Waals surface area contributed by atoms with Gasteiger partial charge in [-0.3, -0.25) is 14.3 Å². The van der Waals surface area contributed by atoms with Crippen LogP contribution in [0.25, 0.3) is 10.8 Å². The van der Waals surface area contributed by atoms with Crippen LogP contribution in [0.3, 0.4) is 0 Å². The Morgan fingerprint density at radius 2 is 1.97 bits per heavy atom. The van der Waals surface area contributed by atoms with Crippen LogP contribution >= 0.6 is 0 Å². The van der Waals surface area contributed by atoms with E-state index in [1.54, 1.807) is 4.68 Å². The highest BCUT2D eigenvalue weighted by Crippen LogP contribution is 2.34. The summed E-state index contributed by atoms with van der Waals surface area (Å²) in [6.07, 6.45) is 8.78. The summed E-state index contributed by atoms with van der Waals surface area (Å²) in [6.45, 7) is 1.28. The minimum absolute atomic E-state index is 0.112. The van der Waals surface area contributed by atoms with E-state index >= 15 is 0 Å². The van der Waals surface area contributed by atoms with Crippen molar-refractivity contribution in [2.75, 3.05) is 13.1 Å². The summed E-state index contributed by atoms with van der Waals surface area (Å²) >= 11 is 0. The van der Waals surface area contributed by atoms with Gasteiger partial charge in [-0.2, -0.15) is 5.10 Å². The molecule has 1 saturated heterocycles. The fourth-order valence-corrected chi connectivity index (χ4v) is 5.11. The lowest BCUT2D eigenvalue weighted by atomic mass is 9.87. The van der Waals surface area contributed by atoms with Gasteiger partial charge < -0.3 is 4.90 Å². The maximum Gasteiger partial charge on any atom is 0.222 e. The van der Waals surface area contributed by atoms with Crippen LogP contribution in [0.1, 0.15) is 46.3 Å². The van der Waals surface area contributed by atoms with Gasteiger partial charge in [-0.25, -0.2) is 0 Å². The molecule has 0 saturated carbocycles. The number of carbonyl (C=O) groups excluding carboxylic acids is 2. The number of nitrogens with zero attached hydrogens (tertiary/aromatic N) is 3. The summed E-state index contributed by atoms with van der Waals surface area (Å²) in [4.78, 5) is 28.1. The summed E-state index contributed by atoms with van der Waals surface area (Å²) in [7, 11) is 1.88. The molecule has 2 aliphatic rings. The summed E-state index contributed by atoms with van der Waals surface area (Å²) in [5.74, 6) is 0.215. The molecule has 3 aromatic rings. The molecule has 1 aliphatic carbocycles. The van der Waals surface area contributed by atoms with Crippen LogP contribution in [0, 0.1) is 5.92 Å². The molecule has 0 unspecified atom stereocenters. The van der Waals surface area contributed by atoms with E-state index in [9.17, 15) is 9.59 Å². The first kappa shape index (κ1) is 19.0. The van der Waals surface area contributed by atoms with Crippen LogP contribution in [0.5, 0.6) is 0 Å². The van der Waals surface area contributed by atoms with Crippen molar-refractivity contribution in [3.05, 3.63) is 65.0 Å². The maximum absolute atomic E-state index is 13.5. The van der Waals surface area contributed by atoms with Crippen molar-refractivity contribution in [2.45, 2.75) is 38.5 Å². The van der Waals surface area contributed by atoms with Crippen molar-refractivity contribution < 1.29 is 9.59 Å². The van der Waals surface area contributed by atoms with Gasteiger partial charge in [0, 0.05) is 44.2 Å². The Balaban J connectivity index is 1.31. The Morgan fingerprint density at radius 1 is 1.13 bits per heavy atom. The van der Waals surface area contributed by atoms with Crippen molar-refractivity contribution in [3.63, 3.8) is 0 Å². The van der Waals surface area contributed by atoms with Gasteiger partial charge >= 0.3 is 0 Å². The van der Waals surface area contributed by atoms with Gasteiger partial charge in [0.05, 0.1) is 6.20 Å².